The molecule has 0 saturated heterocycles. The fourth-order valence-electron chi connectivity index (χ4n) is 2.22. The molecule has 2 heteroatoms. The highest BCUT2D eigenvalue weighted by Gasteiger charge is 2.22. The van der Waals surface area contributed by atoms with Crippen LogP contribution in [0.5, 0.6) is 0 Å². The van der Waals surface area contributed by atoms with Gasteiger partial charge >= 0.3 is 0 Å². The second kappa shape index (κ2) is 6.58. The Bertz CT molecular complexity index is 440. The first-order valence-electron chi connectivity index (χ1n) is 6.69. The van der Waals surface area contributed by atoms with Gasteiger partial charge in [-0.15, -0.1) is 0 Å². The van der Waals surface area contributed by atoms with Crippen molar-refractivity contribution in [3.05, 3.63) is 35.4 Å². The normalized spacial score (nSPS) is 15.1. The molecule has 0 aliphatic heterocycles. The van der Waals surface area contributed by atoms with Crippen molar-refractivity contribution in [2.45, 2.75) is 38.3 Å². The first-order valence-corrected chi connectivity index (χ1v) is 6.69. The van der Waals surface area contributed by atoms with E-state index in [1.54, 1.807) is 0 Å². The van der Waals surface area contributed by atoms with E-state index in [1.807, 2.05) is 6.07 Å². The summed E-state index contributed by atoms with van der Waals surface area (Å²) in [5, 5.41) is 8.76. The topological polar surface area (TPSA) is 23.5 Å². The highest BCUT2D eigenvalue weighted by molar-refractivity contribution is 5.41. The molecule has 0 spiro atoms. The Kier molecular flexibility index (Phi) is 4.81. The summed E-state index contributed by atoms with van der Waals surface area (Å²) in [6.07, 6.45) is 4.57. The van der Waals surface area contributed by atoms with Crippen LogP contribution in [0.2, 0.25) is 0 Å². The zero-order chi connectivity index (χ0) is 12.8. The molecule has 2 rings (SSSR count). The van der Waals surface area contributed by atoms with Gasteiger partial charge in [0.25, 0.3) is 0 Å². The highest BCUT2D eigenvalue weighted by atomic mass is 16.2. The maximum absolute atomic E-state index is 8.76. The van der Waals surface area contributed by atoms with Crippen LogP contribution < -0.4 is 0 Å². The van der Waals surface area contributed by atoms with Crippen molar-refractivity contribution < 1.29 is 5.11 Å². The molecule has 1 aliphatic carbocycles. The summed E-state index contributed by atoms with van der Waals surface area (Å²) in [6.45, 7) is 1.10. The molecule has 1 aliphatic rings. The molecule has 0 heterocycles. The lowest BCUT2D eigenvalue weighted by atomic mass is 9.91. The van der Waals surface area contributed by atoms with Crippen LogP contribution in [0.25, 0.3) is 0 Å². The summed E-state index contributed by atoms with van der Waals surface area (Å²) in [5.41, 5.74) is 2.38. The summed E-state index contributed by atoms with van der Waals surface area (Å²) < 4.78 is 0. The molecule has 0 unspecified atom stereocenters. The summed E-state index contributed by atoms with van der Waals surface area (Å²) in [5.74, 6) is 6.16. The van der Waals surface area contributed by atoms with Crippen molar-refractivity contribution in [2.24, 2.45) is 0 Å². The molecule has 1 saturated carbocycles. The van der Waals surface area contributed by atoms with Crippen LogP contribution in [0.4, 0.5) is 0 Å². The molecule has 1 aromatic carbocycles. The third kappa shape index (κ3) is 3.35. The minimum Gasteiger partial charge on any atom is -0.395 e. The van der Waals surface area contributed by atoms with Gasteiger partial charge in [-0.1, -0.05) is 36.5 Å². The van der Waals surface area contributed by atoms with Gasteiger partial charge in [0, 0.05) is 24.6 Å². The maximum atomic E-state index is 8.76. The second-order valence-electron chi connectivity index (χ2n) is 4.93. The molecule has 0 amide bonds. The van der Waals surface area contributed by atoms with E-state index in [-0.39, 0.29) is 6.61 Å². The van der Waals surface area contributed by atoms with Crippen molar-refractivity contribution in [3.8, 4) is 11.8 Å². The highest BCUT2D eigenvalue weighted by Crippen LogP contribution is 2.25. The predicted octanol–water partition coefficient (Wildman–Crippen LogP) is 2.40. The first kappa shape index (κ1) is 13.1. The van der Waals surface area contributed by atoms with Crippen LogP contribution >= 0.6 is 0 Å². The number of rotatable bonds is 4. The van der Waals surface area contributed by atoms with Crippen LogP contribution in [-0.2, 0) is 6.54 Å². The Morgan fingerprint density at radius 2 is 2.11 bits per heavy atom. The molecule has 96 valence electrons. The standard InChI is InChI=1S/C16H21NO/c1-17(16-10-6-11-16)13-15-9-3-2-7-14(15)8-4-5-12-18/h2-3,7,9,16,18H,5-6,10-13H2,1H3. The lowest BCUT2D eigenvalue weighted by Gasteiger charge is -2.34. The minimum absolute atomic E-state index is 0.136. The van der Waals surface area contributed by atoms with Gasteiger partial charge in [0.1, 0.15) is 0 Å². The number of benzene rings is 1. The van der Waals surface area contributed by atoms with E-state index < -0.39 is 0 Å². The van der Waals surface area contributed by atoms with Crippen LogP contribution in [-0.4, -0.2) is 29.7 Å². The van der Waals surface area contributed by atoms with Gasteiger partial charge in [0.05, 0.1) is 6.61 Å². The van der Waals surface area contributed by atoms with Crippen LogP contribution in [0.15, 0.2) is 24.3 Å². The van der Waals surface area contributed by atoms with Crippen LogP contribution in [0, 0.1) is 11.8 Å². The van der Waals surface area contributed by atoms with E-state index in [0.29, 0.717) is 6.42 Å². The van der Waals surface area contributed by atoms with Crippen LogP contribution in [0.3, 0.4) is 0 Å². The Morgan fingerprint density at radius 3 is 2.78 bits per heavy atom. The van der Waals surface area contributed by atoms with E-state index in [2.05, 4.69) is 42.0 Å². The number of hydrogen-bond acceptors (Lipinski definition) is 2. The zero-order valence-corrected chi connectivity index (χ0v) is 11.0. The smallest absolute Gasteiger partial charge is 0.0540 e. The SMILES string of the molecule is CN(Cc1ccccc1C#CCCO)C1CCC1. The molecule has 18 heavy (non-hydrogen) atoms. The van der Waals surface area contributed by atoms with Crippen molar-refractivity contribution >= 4 is 0 Å². The number of aliphatic hydroxyl groups is 1. The van der Waals surface area contributed by atoms with Gasteiger partial charge in [-0.3, -0.25) is 4.90 Å². The molecular formula is C16H21NO. The molecule has 0 aromatic heterocycles. The van der Waals surface area contributed by atoms with Crippen molar-refractivity contribution in [1.29, 1.82) is 0 Å². The molecule has 0 bridgehead atoms. The minimum atomic E-state index is 0.136. The average Bonchev–Trinajstić information content (AvgIpc) is 2.29. The summed E-state index contributed by atoms with van der Waals surface area (Å²) in [7, 11) is 2.20. The summed E-state index contributed by atoms with van der Waals surface area (Å²) in [4.78, 5) is 2.43. The van der Waals surface area contributed by atoms with E-state index in [9.17, 15) is 0 Å². The van der Waals surface area contributed by atoms with Crippen molar-refractivity contribution in [2.75, 3.05) is 13.7 Å². The Morgan fingerprint density at radius 1 is 1.33 bits per heavy atom. The molecule has 2 nitrogen and oxygen atoms in total. The van der Waals surface area contributed by atoms with Gasteiger partial charge in [0.2, 0.25) is 0 Å². The average molecular weight is 243 g/mol. The third-order valence-corrected chi connectivity index (χ3v) is 3.60. The quantitative estimate of drug-likeness (QED) is 0.821. The first-order chi connectivity index (χ1) is 8.81. The van der Waals surface area contributed by atoms with Gasteiger partial charge in [-0.05, 0) is 31.5 Å². The van der Waals surface area contributed by atoms with Gasteiger partial charge in [0.15, 0.2) is 0 Å². The molecule has 1 N–H and O–H groups in total. The number of nitrogens with zero attached hydrogens (tertiary/aromatic N) is 1. The van der Waals surface area contributed by atoms with Crippen molar-refractivity contribution in [3.63, 3.8) is 0 Å². The Hall–Kier alpha value is -1.30. The van der Waals surface area contributed by atoms with E-state index >= 15 is 0 Å². The van der Waals surface area contributed by atoms with Gasteiger partial charge in [-0.25, -0.2) is 0 Å². The predicted molar refractivity (Wildman–Crippen MR) is 74.1 cm³/mol. The van der Waals surface area contributed by atoms with Gasteiger partial charge < -0.3 is 5.11 Å². The van der Waals surface area contributed by atoms with Crippen molar-refractivity contribution in [1.82, 2.24) is 4.90 Å². The fraction of sp³-hybridized carbons (Fsp3) is 0.500. The summed E-state index contributed by atoms with van der Waals surface area (Å²) >= 11 is 0. The maximum Gasteiger partial charge on any atom is 0.0540 e. The number of aliphatic hydroxyl groups excluding tert-OH is 1. The monoisotopic (exact) mass is 243 g/mol. The molecule has 0 atom stereocenters. The summed E-state index contributed by atoms with van der Waals surface area (Å²) in [6, 6.07) is 9.06. The zero-order valence-electron chi connectivity index (χ0n) is 11.0. The fourth-order valence-corrected chi connectivity index (χ4v) is 2.22. The molecule has 0 radical (unpaired) electrons. The molecule has 1 aromatic rings. The third-order valence-electron chi connectivity index (χ3n) is 3.60. The van der Waals surface area contributed by atoms with Crippen LogP contribution in [0.1, 0.15) is 36.8 Å². The van der Waals surface area contributed by atoms with E-state index in [1.165, 1.54) is 24.8 Å². The Balaban J connectivity index is 2.05. The lowest BCUT2D eigenvalue weighted by molar-refractivity contribution is 0.152. The second-order valence-corrected chi connectivity index (χ2v) is 4.93. The van der Waals surface area contributed by atoms with E-state index in [0.717, 1.165) is 18.2 Å². The van der Waals surface area contributed by atoms with Gasteiger partial charge in [-0.2, -0.15) is 0 Å². The van der Waals surface area contributed by atoms with E-state index in [4.69, 9.17) is 5.11 Å². The molecular weight excluding hydrogens is 222 g/mol. The lowest BCUT2D eigenvalue weighted by Crippen LogP contribution is -2.36. The Labute approximate surface area is 110 Å². The number of hydrogen-bond donors (Lipinski definition) is 1. The largest absolute Gasteiger partial charge is 0.395 e. The molecule has 1 fully saturated rings.